The number of nitrogens with zero attached hydrogens (tertiary/aromatic N) is 4. The van der Waals surface area contributed by atoms with Crippen LogP contribution in [0.5, 0.6) is 0 Å². The van der Waals surface area contributed by atoms with E-state index < -0.39 is 23.3 Å². The lowest BCUT2D eigenvalue weighted by Gasteiger charge is -2.29. The van der Waals surface area contributed by atoms with Crippen molar-refractivity contribution in [3.05, 3.63) is 88.4 Å². The number of hydrogen-bond donors (Lipinski definition) is 0. The van der Waals surface area contributed by atoms with Crippen LogP contribution in [0.1, 0.15) is 38.4 Å². The molecule has 0 N–H and O–H groups in total. The van der Waals surface area contributed by atoms with Gasteiger partial charge in [0.1, 0.15) is 0 Å². The molecule has 0 aliphatic carbocycles. The Hall–Kier alpha value is -3.68. The van der Waals surface area contributed by atoms with E-state index in [1.165, 1.54) is 4.90 Å². The molecule has 168 valence electrons. The number of fused-ring (bicyclic) bond motifs is 2. The van der Waals surface area contributed by atoms with Crippen molar-refractivity contribution < 1.29 is 18.0 Å². The van der Waals surface area contributed by atoms with E-state index in [0.717, 1.165) is 33.0 Å². The minimum atomic E-state index is -4.79. The van der Waals surface area contributed by atoms with Gasteiger partial charge < -0.3 is 4.90 Å². The normalized spacial score (nSPS) is 13.9. The summed E-state index contributed by atoms with van der Waals surface area (Å²) in [4.78, 5) is 19.0. The zero-order valence-electron chi connectivity index (χ0n) is 18.1. The average molecular weight is 450 g/mol. The third kappa shape index (κ3) is 3.65. The molecule has 1 aliphatic heterocycles. The van der Waals surface area contributed by atoms with Crippen LogP contribution in [-0.4, -0.2) is 31.9 Å². The molecule has 1 aliphatic rings. The Kier molecular flexibility index (Phi) is 4.96. The summed E-state index contributed by atoms with van der Waals surface area (Å²) in [6.07, 6.45) is -3.15. The van der Waals surface area contributed by atoms with Crippen molar-refractivity contribution >= 4 is 11.6 Å². The zero-order chi connectivity index (χ0) is 23.3. The summed E-state index contributed by atoms with van der Waals surface area (Å²) in [6.45, 7) is 4.16. The lowest BCUT2D eigenvalue weighted by molar-refractivity contribution is -0.143. The summed E-state index contributed by atoms with van der Waals surface area (Å²) in [5.74, 6) is -0.698. The van der Waals surface area contributed by atoms with E-state index in [1.54, 1.807) is 6.92 Å². The van der Waals surface area contributed by atoms with Gasteiger partial charge in [0.2, 0.25) is 0 Å². The van der Waals surface area contributed by atoms with Crippen molar-refractivity contribution in [1.29, 1.82) is 0 Å². The number of carbonyl (C=O) groups is 1. The van der Waals surface area contributed by atoms with Crippen LogP contribution < -0.4 is 0 Å². The van der Waals surface area contributed by atoms with Crippen molar-refractivity contribution in [2.45, 2.75) is 33.0 Å². The SMILES string of the molecule is Cc1cccc(-c2c(C)nn3c(C(F)(F)F)c(C(=O)N4CCc5ccccc5C4)cnc23)c1. The van der Waals surface area contributed by atoms with E-state index in [1.807, 2.05) is 55.5 Å². The maximum atomic E-state index is 14.3. The molecule has 1 amide bonds. The third-order valence-electron chi connectivity index (χ3n) is 6.04. The molecule has 33 heavy (non-hydrogen) atoms. The minimum Gasteiger partial charge on any atom is -0.334 e. The van der Waals surface area contributed by atoms with Crippen LogP contribution in [0.4, 0.5) is 13.2 Å². The van der Waals surface area contributed by atoms with Gasteiger partial charge in [-0.05, 0) is 37.0 Å². The Morgan fingerprint density at radius 1 is 1.03 bits per heavy atom. The average Bonchev–Trinajstić information content (AvgIpc) is 3.12. The Bertz CT molecular complexity index is 1390. The Morgan fingerprint density at radius 3 is 2.52 bits per heavy atom. The fraction of sp³-hybridized carbons (Fsp3) is 0.240. The molecule has 5 nitrogen and oxygen atoms in total. The molecule has 2 aromatic carbocycles. The van der Waals surface area contributed by atoms with E-state index in [9.17, 15) is 18.0 Å². The van der Waals surface area contributed by atoms with E-state index in [4.69, 9.17) is 0 Å². The van der Waals surface area contributed by atoms with Gasteiger partial charge in [-0.15, -0.1) is 0 Å². The second-order valence-corrected chi connectivity index (χ2v) is 8.33. The second kappa shape index (κ2) is 7.72. The number of carbonyl (C=O) groups excluding carboxylic acids is 1. The molecule has 2 aromatic heterocycles. The van der Waals surface area contributed by atoms with Gasteiger partial charge in [-0.3, -0.25) is 4.79 Å². The van der Waals surface area contributed by atoms with E-state index in [-0.39, 0.29) is 12.2 Å². The van der Waals surface area contributed by atoms with Gasteiger partial charge in [-0.2, -0.15) is 18.3 Å². The Labute approximate surface area is 188 Å². The zero-order valence-corrected chi connectivity index (χ0v) is 18.1. The summed E-state index contributed by atoms with van der Waals surface area (Å²) in [7, 11) is 0. The fourth-order valence-electron chi connectivity index (χ4n) is 4.50. The summed E-state index contributed by atoms with van der Waals surface area (Å²) in [6, 6.07) is 15.1. The molecule has 0 saturated heterocycles. The first-order valence-electron chi connectivity index (χ1n) is 10.6. The number of halogens is 3. The topological polar surface area (TPSA) is 50.5 Å². The molecule has 4 aromatic rings. The van der Waals surface area contributed by atoms with Crippen LogP contribution in [0, 0.1) is 13.8 Å². The molecule has 0 spiro atoms. The number of aryl methyl sites for hydroxylation is 2. The van der Waals surface area contributed by atoms with Crippen molar-refractivity contribution in [2.24, 2.45) is 0 Å². The highest BCUT2D eigenvalue weighted by Gasteiger charge is 2.41. The Morgan fingerprint density at radius 2 is 1.79 bits per heavy atom. The van der Waals surface area contributed by atoms with Gasteiger partial charge in [0, 0.05) is 24.8 Å². The molecular formula is C25H21F3N4O. The monoisotopic (exact) mass is 450 g/mol. The van der Waals surface area contributed by atoms with Crippen molar-refractivity contribution in [1.82, 2.24) is 19.5 Å². The quantitative estimate of drug-likeness (QED) is 0.420. The number of rotatable bonds is 2. The summed E-state index contributed by atoms with van der Waals surface area (Å²) in [5.41, 5.74) is 3.17. The van der Waals surface area contributed by atoms with Crippen LogP contribution in [0.3, 0.4) is 0 Å². The minimum absolute atomic E-state index is 0.0750. The number of aromatic nitrogens is 3. The standard InChI is InChI=1S/C25H21F3N4O/c1-15-6-5-9-18(12-15)21-16(2)30-32-22(25(26,27)28)20(13-29-23(21)32)24(33)31-11-10-17-7-3-4-8-19(17)14-31/h3-9,12-13H,10-11,14H2,1-2H3. The van der Waals surface area contributed by atoms with E-state index in [0.29, 0.717) is 24.2 Å². The van der Waals surface area contributed by atoms with Crippen LogP contribution in [-0.2, 0) is 19.1 Å². The second-order valence-electron chi connectivity index (χ2n) is 8.33. The third-order valence-corrected chi connectivity index (χ3v) is 6.04. The van der Waals surface area contributed by atoms with Gasteiger partial charge >= 0.3 is 6.18 Å². The highest BCUT2D eigenvalue weighted by atomic mass is 19.4. The van der Waals surface area contributed by atoms with Crippen LogP contribution in [0.15, 0.2) is 54.7 Å². The van der Waals surface area contributed by atoms with Crippen LogP contribution in [0.2, 0.25) is 0 Å². The lowest BCUT2D eigenvalue weighted by Crippen LogP contribution is -2.37. The van der Waals surface area contributed by atoms with Gasteiger partial charge in [-0.1, -0.05) is 54.1 Å². The fourth-order valence-corrected chi connectivity index (χ4v) is 4.50. The van der Waals surface area contributed by atoms with Gasteiger partial charge in [0.25, 0.3) is 5.91 Å². The maximum Gasteiger partial charge on any atom is 0.434 e. The van der Waals surface area contributed by atoms with E-state index >= 15 is 0 Å². The molecule has 5 rings (SSSR count). The highest BCUT2D eigenvalue weighted by molar-refractivity contribution is 5.96. The van der Waals surface area contributed by atoms with E-state index in [2.05, 4.69) is 10.1 Å². The first kappa shape index (κ1) is 21.2. The molecule has 0 atom stereocenters. The predicted octanol–water partition coefficient (Wildman–Crippen LogP) is 5.23. The molecule has 0 unspecified atom stereocenters. The van der Waals surface area contributed by atoms with Crippen molar-refractivity contribution in [2.75, 3.05) is 6.54 Å². The summed E-state index contributed by atoms with van der Waals surface area (Å²) in [5, 5.41) is 4.17. The maximum absolute atomic E-state index is 14.3. The molecule has 8 heteroatoms. The molecule has 0 bridgehead atoms. The number of alkyl halides is 3. The largest absolute Gasteiger partial charge is 0.434 e. The van der Waals surface area contributed by atoms with Gasteiger partial charge in [-0.25, -0.2) is 9.50 Å². The highest BCUT2D eigenvalue weighted by Crippen LogP contribution is 2.36. The van der Waals surface area contributed by atoms with Gasteiger partial charge in [0.15, 0.2) is 11.3 Å². The van der Waals surface area contributed by atoms with Crippen LogP contribution >= 0.6 is 0 Å². The van der Waals surface area contributed by atoms with Crippen LogP contribution in [0.25, 0.3) is 16.8 Å². The number of hydrogen-bond acceptors (Lipinski definition) is 3. The smallest absolute Gasteiger partial charge is 0.334 e. The molecule has 3 heterocycles. The predicted molar refractivity (Wildman–Crippen MR) is 118 cm³/mol. The molecule has 0 fully saturated rings. The summed E-state index contributed by atoms with van der Waals surface area (Å²) < 4.78 is 43.7. The molecule has 0 radical (unpaired) electrons. The Balaban J connectivity index is 1.64. The molecule has 0 saturated carbocycles. The first-order valence-corrected chi connectivity index (χ1v) is 10.6. The lowest BCUT2D eigenvalue weighted by atomic mass is 9.99. The number of benzene rings is 2. The van der Waals surface area contributed by atoms with Crippen molar-refractivity contribution in [3.63, 3.8) is 0 Å². The number of amides is 1. The molecular weight excluding hydrogens is 429 g/mol. The first-order chi connectivity index (χ1) is 15.7. The van der Waals surface area contributed by atoms with Crippen molar-refractivity contribution in [3.8, 4) is 11.1 Å². The van der Waals surface area contributed by atoms with Gasteiger partial charge in [0.05, 0.1) is 11.3 Å². The summed E-state index contributed by atoms with van der Waals surface area (Å²) >= 11 is 0.